The minimum Gasteiger partial charge on any atom is -0.342 e. The van der Waals surface area contributed by atoms with Crippen molar-refractivity contribution in [1.82, 2.24) is 15.8 Å². The molecule has 0 bridgehead atoms. The van der Waals surface area contributed by atoms with Crippen molar-refractivity contribution in [3.8, 4) is 0 Å². The number of fused-ring (bicyclic) bond motifs is 2. The van der Waals surface area contributed by atoms with E-state index in [1.807, 2.05) is 4.90 Å². The van der Waals surface area contributed by atoms with Gasteiger partial charge in [0.1, 0.15) is 0 Å². The molecule has 0 aliphatic carbocycles. The third-order valence-corrected chi connectivity index (χ3v) is 5.38. The molecule has 2 aromatic carbocycles. The van der Waals surface area contributed by atoms with Crippen LogP contribution in [-0.4, -0.2) is 36.5 Å². The number of hydrazine groups is 1. The van der Waals surface area contributed by atoms with Crippen LogP contribution in [0.5, 0.6) is 0 Å². The molecule has 2 aliphatic rings. The summed E-state index contributed by atoms with van der Waals surface area (Å²) in [7, 11) is 0. The molecule has 5 heteroatoms. The van der Waals surface area contributed by atoms with Gasteiger partial charge in [0.2, 0.25) is 5.91 Å². The molecule has 2 heterocycles. The maximum atomic E-state index is 12.2. The predicted octanol–water partition coefficient (Wildman–Crippen LogP) is 1.55. The molecule has 4 rings (SSSR count). The molecule has 0 saturated carbocycles. The average molecular weight is 324 g/mol. The Bertz CT molecular complexity index is 742. The van der Waals surface area contributed by atoms with Crippen molar-refractivity contribution in [1.29, 1.82) is 0 Å². The second-order valence-corrected chi connectivity index (χ2v) is 6.77. The lowest BCUT2D eigenvalue weighted by atomic mass is 9.83. The van der Waals surface area contributed by atoms with Crippen molar-refractivity contribution in [3.63, 3.8) is 0 Å². The molecule has 0 spiro atoms. The first-order valence-electron chi connectivity index (χ1n) is 8.74. The van der Waals surface area contributed by atoms with E-state index in [1.54, 1.807) is 0 Å². The van der Waals surface area contributed by atoms with Gasteiger partial charge in [0.15, 0.2) is 0 Å². The van der Waals surface area contributed by atoms with Crippen LogP contribution >= 0.6 is 0 Å². The van der Waals surface area contributed by atoms with Crippen molar-refractivity contribution in [2.24, 2.45) is 11.7 Å². The van der Waals surface area contributed by atoms with Gasteiger partial charge in [-0.3, -0.25) is 10.2 Å². The minimum atomic E-state index is 0.180. The Morgan fingerprint density at radius 1 is 1.17 bits per heavy atom. The minimum absolute atomic E-state index is 0.180. The lowest BCUT2D eigenvalue weighted by Gasteiger charge is -2.36. The second kappa shape index (κ2) is 6.51. The number of carbonyl (C=O) groups is 1. The van der Waals surface area contributed by atoms with Gasteiger partial charge in [-0.25, -0.2) is 5.43 Å². The predicted molar refractivity (Wildman–Crippen MR) is 95.1 cm³/mol. The molecule has 1 amide bonds. The first kappa shape index (κ1) is 15.6. The first-order valence-corrected chi connectivity index (χ1v) is 8.74. The van der Waals surface area contributed by atoms with Gasteiger partial charge in [-0.2, -0.15) is 0 Å². The van der Waals surface area contributed by atoms with Crippen LogP contribution in [0.15, 0.2) is 42.5 Å². The van der Waals surface area contributed by atoms with Crippen LogP contribution in [-0.2, 0) is 4.79 Å². The van der Waals surface area contributed by atoms with Gasteiger partial charge in [0, 0.05) is 38.0 Å². The number of likely N-dealkylation sites (tertiary alicyclic amines) is 1. The molecule has 24 heavy (non-hydrogen) atoms. The highest BCUT2D eigenvalue weighted by Crippen LogP contribution is 2.36. The summed E-state index contributed by atoms with van der Waals surface area (Å²) in [4.78, 5) is 14.2. The average Bonchev–Trinajstić information content (AvgIpc) is 3.04. The number of hydrogen-bond acceptors (Lipinski definition) is 4. The summed E-state index contributed by atoms with van der Waals surface area (Å²) >= 11 is 0. The number of hydrogen-bond donors (Lipinski definition) is 3. The van der Waals surface area contributed by atoms with Crippen molar-refractivity contribution >= 4 is 16.7 Å². The normalized spacial score (nSPS) is 26.5. The van der Waals surface area contributed by atoms with Gasteiger partial charge in [0.05, 0.1) is 6.04 Å². The highest BCUT2D eigenvalue weighted by Gasteiger charge is 2.41. The number of benzene rings is 2. The quantitative estimate of drug-likeness (QED) is 0.801. The van der Waals surface area contributed by atoms with E-state index in [-0.39, 0.29) is 11.9 Å². The summed E-state index contributed by atoms with van der Waals surface area (Å²) in [6.07, 6.45) is 1.42. The van der Waals surface area contributed by atoms with E-state index in [4.69, 9.17) is 5.73 Å². The zero-order chi connectivity index (χ0) is 16.5. The lowest BCUT2D eigenvalue weighted by molar-refractivity contribution is -0.133. The van der Waals surface area contributed by atoms with Crippen molar-refractivity contribution in [3.05, 3.63) is 48.0 Å². The fourth-order valence-electron chi connectivity index (χ4n) is 4.14. The maximum absolute atomic E-state index is 12.2. The summed E-state index contributed by atoms with van der Waals surface area (Å²) in [5.74, 6) is 0.561. The van der Waals surface area contributed by atoms with Gasteiger partial charge in [-0.05, 0) is 22.8 Å². The number of carbonyl (C=O) groups excluding carboxylic acids is 1. The van der Waals surface area contributed by atoms with Crippen LogP contribution in [0.4, 0.5) is 0 Å². The molecular formula is C19H24N4O. The van der Waals surface area contributed by atoms with E-state index >= 15 is 0 Å². The zero-order valence-electron chi connectivity index (χ0n) is 13.7. The molecule has 3 unspecified atom stereocenters. The van der Waals surface area contributed by atoms with Gasteiger partial charge >= 0.3 is 0 Å². The molecule has 3 atom stereocenters. The van der Waals surface area contributed by atoms with Gasteiger partial charge < -0.3 is 10.6 Å². The Kier molecular flexibility index (Phi) is 4.22. The Morgan fingerprint density at radius 2 is 2.00 bits per heavy atom. The van der Waals surface area contributed by atoms with Gasteiger partial charge in [-0.15, -0.1) is 0 Å². The first-order chi connectivity index (χ1) is 11.8. The zero-order valence-corrected chi connectivity index (χ0v) is 13.7. The SMILES string of the molecule is NCCC(=O)N1CCC2NNC(c3cccc4ccccc34)C2C1. The van der Waals surface area contributed by atoms with E-state index in [0.717, 1.165) is 19.5 Å². The summed E-state index contributed by atoms with van der Waals surface area (Å²) in [5, 5.41) is 2.54. The van der Waals surface area contributed by atoms with Crippen LogP contribution in [0.3, 0.4) is 0 Å². The van der Waals surface area contributed by atoms with E-state index in [2.05, 4.69) is 53.3 Å². The molecule has 2 saturated heterocycles. The van der Waals surface area contributed by atoms with E-state index in [9.17, 15) is 4.79 Å². The largest absolute Gasteiger partial charge is 0.342 e. The molecule has 4 N–H and O–H groups in total. The standard InChI is InChI=1S/C19H24N4O/c20-10-8-18(24)23-11-9-17-16(12-23)19(22-21-17)15-7-3-5-13-4-1-2-6-14(13)15/h1-7,16-17,19,21-22H,8-12,20H2. The summed E-state index contributed by atoms with van der Waals surface area (Å²) in [6.45, 7) is 2.03. The third kappa shape index (κ3) is 2.69. The smallest absolute Gasteiger partial charge is 0.223 e. The highest BCUT2D eigenvalue weighted by molar-refractivity contribution is 5.86. The Balaban J connectivity index is 1.63. The molecule has 2 aliphatic heterocycles. The summed E-state index contributed by atoms with van der Waals surface area (Å²) < 4.78 is 0. The number of rotatable bonds is 3. The van der Waals surface area contributed by atoms with Crippen molar-refractivity contribution in [2.45, 2.75) is 24.9 Å². The second-order valence-electron chi connectivity index (χ2n) is 6.77. The molecule has 5 nitrogen and oxygen atoms in total. The van der Waals surface area contributed by atoms with Crippen molar-refractivity contribution < 1.29 is 4.79 Å². The van der Waals surface area contributed by atoms with Gasteiger partial charge in [0.25, 0.3) is 0 Å². The molecular weight excluding hydrogens is 300 g/mol. The maximum Gasteiger partial charge on any atom is 0.223 e. The number of amides is 1. The monoisotopic (exact) mass is 324 g/mol. The molecule has 2 fully saturated rings. The van der Waals surface area contributed by atoms with Crippen LogP contribution < -0.4 is 16.6 Å². The fourth-order valence-corrected chi connectivity index (χ4v) is 4.14. The van der Waals surface area contributed by atoms with Crippen molar-refractivity contribution in [2.75, 3.05) is 19.6 Å². The van der Waals surface area contributed by atoms with Crippen LogP contribution in [0.1, 0.15) is 24.4 Å². The highest BCUT2D eigenvalue weighted by atomic mass is 16.2. The van der Waals surface area contributed by atoms with Gasteiger partial charge in [-0.1, -0.05) is 42.5 Å². The molecule has 0 aromatic heterocycles. The van der Waals surface area contributed by atoms with E-state index in [1.165, 1.54) is 16.3 Å². The number of nitrogens with zero attached hydrogens (tertiary/aromatic N) is 1. The molecule has 126 valence electrons. The number of piperidine rings is 1. The summed E-state index contributed by atoms with van der Waals surface area (Å²) in [5.41, 5.74) is 13.8. The van der Waals surface area contributed by atoms with E-state index in [0.29, 0.717) is 24.9 Å². The van der Waals surface area contributed by atoms with Crippen LogP contribution in [0, 0.1) is 5.92 Å². The summed E-state index contributed by atoms with van der Waals surface area (Å²) in [6, 6.07) is 15.6. The molecule has 2 aromatic rings. The van der Waals surface area contributed by atoms with Crippen LogP contribution in [0.2, 0.25) is 0 Å². The number of nitrogens with one attached hydrogen (secondary N) is 2. The topological polar surface area (TPSA) is 70.4 Å². The third-order valence-electron chi connectivity index (χ3n) is 5.38. The molecule has 0 radical (unpaired) electrons. The lowest BCUT2D eigenvalue weighted by Crippen LogP contribution is -2.48. The van der Waals surface area contributed by atoms with Crippen LogP contribution in [0.25, 0.3) is 10.8 Å². The van der Waals surface area contributed by atoms with E-state index < -0.39 is 0 Å². The Hall–Kier alpha value is -1.95. The fraction of sp³-hybridized carbons (Fsp3) is 0.421. The number of nitrogens with two attached hydrogens (primary N) is 1. The Morgan fingerprint density at radius 3 is 2.88 bits per heavy atom. The Labute approximate surface area is 142 Å².